The Morgan fingerprint density at radius 2 is 1.85 bits per heavy atom. The van der Waals surface area contributed by atoms with Crippen molar-refractivity contribution in [3.05, 3.63) is 69.7 Å². The highest BCUT2D eigenvalue weighted by Gasteiger charge is 2.32. The summed E-state index contributed by atoms with van der Waals surface area (Å²) in [6.45, 7) is 7.23. The molecule has 2 aromatic heterocycles. The number of benzene rings is 2. The van der Waals surface area contributed by atoms with Crippen molar-refractivity contribution in [2.75, 3.05) is 0 Å². The van der Waals surface area contributed by atoms with Gasteiger partial charge in [0, 0.05) is 16.1 Å². The van der Waals surface area contributed by atoms with E-state index in [1.807, 2.05) is 19.1 Å². The fourth-order valence-corrected chi connectivity index (χ4v) is 5.16. The highest BCUT2D eigenvalue weighted by molar-refractivity contribution is 7.22. The molecular formula is C25H21Cl2FN2O3S. The van der Waals surface area contributed by atoms with Gasteiger partial charge >= 0.3 is 5.97 Å². The monoisotopic (exact) mass is 518 g/mol. The number of rotatable bonds is 5. The molecule has 2 heterocycles. The number of carbonyl (C=O) groups is 1. The number of carboxylic acids is 1. The Balaban J connectivity index is 2.06. The number of carboxylic acid groups (broad SMARTS) is 1. The van der Waals surface area contributed by atoms with Gasteiger partial charge in [-0.25, -0.2) is 19.2 Å². The van der Waals surface area contributed by atoms with Crippen molar-refractivity contribution in [3.8, 4) is 21.7 Å². The van der Waals surface area contributed by atoms with Crippen LogP contribution in [0.25, 0.3) is 31.9 Å². The Kier molecular flexibility index (Phi) is 6.66. The van der Waals surface area contributed by atoms with Gasteiger partial charge in [-0.05, 0) is 63.1 Å². The van der Waals surface area contributed by atoms with Gasteiger partial charge in [0.15, 0.2) is 11.9 Å². The summed E-state index contributed by atoms with van der Waals surface area (Å²) in [7, 11) is 0. The number of ether oxygens (including phenoxy) is 1. The molecule has 0 fully saturated rings. The van der Waals surface area contributed by atoms with Crippen LogP contribution in [0.2, 0.25) is 10.2 Å². The molecule has 1 unspecified atom stereocenters. The van der Waals surface area contributed by atoms with Gasteiger partial charge in [-0.2, -0.15) is 0 Å². The summed E-state index contributed by atoms with van der Waals surface area (Å²) in [6.07, 6.45) is -0.175. The van der Waals surface area contributed by atoms with Crippen LogP contribution in [0.5, 0.6) is 0 Å². The summed E-state index contributed by atoms with van der Waals surface area (Å²) in [5, 5.41) is 11.2. The number of nitrogens with zero attached hydrogens (tertiary/aromatic N) is 2. The fourth-order valence-electron chi connectivity index (χ4n) is 3.73. The zero-order valence-electron chi connectivity index (χ0n) is 18.8. The van der Waals surface area contributed by atoms with Gasteiger partial charge in [-0.3, -0.25) is 0 Å². The number of hydrogen-bond donors (Lipinski definition) is 1. The molecule has 4 rings (SSSR count). The van der Waals surface area contributed by atoms with Crippen LogP contribution < -0.4 is 0 Å². The SMILES string of the molecule is Cc1cc2nc(-c3cc(Cl)ncc3F)sc2c(-c2ccc(Cl)cc2)c1C(OC(C)(C)C)C(=O)O. The zero-order valence-corrected chi connectivity index (χ0v) is 21.1. The van der Waals surface area contributed by atoms with Crippen molar-refractivity contribution in [1.82, 2.24) is 9.97 Å². The van der Waals surface area contributed by atoms with E-state index in [-0.39, 0.29) is 10.7 Å². The van der Waals surface area contributed by atoms with Gasteiger partial charge in [0.25, 0.3) is 0 Å². The van der Waals surface area contributed by atoms with Crippen LogP contribution in [0.1, 0.15) is 38.0 Å². The summed E-state index contributed by atoms with van der Waals surface area (Å²) in [6, 6.07) is 10.3. The molecule has 34 heavy (non-hydrogen) atoms. The molecular weight excluding hydrogens is 498 g/mol. The molecule has 4 aromatic rings. The lowest BCUT2D eigenvalue weighted by Crippen LogP contribution is -2.28. The summed E-state index contributed by atoms with van der Waals surface area (Å²) < 4.78 is 21.3. The Hall–Kier alpha value is -2.58. The van der Waals surface area contributed by atoms with E-state index < -0.39 is 23.5 Å². The average molecular weight is 519 g/mol. The second-order valence-corrected chi connectivity index (χ2v) is 10.6. The standard InChI is InChI=1S/C25H21Cl2FN2O3S/c1-12-9-17-22(34-23(30-17)15-10-18(27)29-11-16(15)28)20(13-5-7-14(26)8-6-13)19(12)21(24(31)32)33-25(2,3)4/h5-11,21H,1-4H3,(H,31,32). The summed E-state index contributed by atoms with van der Waals surface area (Å²) in [5.41, 5.74) is 2.74. The minimum atomic E-state index is -1.23. The number of pyridine rings is 1. The second kappa shape index (κ2) is 9.23. The van der Waals surface area contributed by atoms with E-state index in [9.17, 15) is 14.3 Å². The fraction of sp³-hybridized carbons (Fsp3) is 0.240. The Morgan fingerprint density at radius 1 is 1.18 bits per heavy atom. The average Bonchev–Trinajstić information content (AvgIpc) is 3.16. The van der Waals surface area contributed by atoms with Gasteiger partial charge < -0.3 is 9.84 Å². The van der Waals surface area contributed by atoms with Crippen LogP contribution in [-0.4, -0.2) is 26.6 Å². The molecule has 0 bridgehead atoms. The third kappa shape index (κ3) is 4.93. The Bertz CT molecular complexity index is 1400. The third-order valence-corrected chi connectivity index (χ3v) is 6.65. The van der Waals surface area contributed by atoms with Gasteiger partial charge in [0.1, 0.15) is 10.2 Å². The highest BCUT2D eigenvalue weighted by Crippen LogP contribution is 2.44. The number of aliphatic carboxylic acids is 1. The maximum atomic E-state index is 14.6. The molecule has 0 amide bonds. The lowest BCUT2D eigenvalue weighted by molar-refractivity contribution is -0.160. The highest BCUT2D eigenvalue weighted by atomic mass is 35.5. The molecule has 1 N–H and O–H groups in total. The molecule has 2 aromatic carbocycles. The lowest BCUT2D eigenvalue weighted by Gasteiger charge is -2.28. The first-order valence-electron chi connectivity index (χ1n) is 10.4. The van der Waals surface area contributed by atoms with Gasteiger partial charge in [-0.15, -0.1) is 11.3 Å². The van der Waals surface area contributed by atoms with Crippen LogP contribution in [0, 0.1) is 12.7 Å². The smallest absolute Gasteiger partial charge is 0.337 e. The molecule has 5 nitrogen and oxygen atoms in total. The first kappa shape index (κ1) is 24.5. The third-order valence-electron chi connectivity index (χ3n) is 5.07. The topological polar surface area (TPSA) is 72.3 Å². The number of hydrogen-bond acceptors (Lipinski definition) is 5. The lowest BCUT2D eigenvalue weighted by atomic mass is 9.91. The second-order valence-electron chi connectivity index (χ2n) is 8.79. The van der Waals surface area contributed by atoms with Crippen molar-refractivity contribution in [2.24, 2.45) is 0 Å². The van der Waals surface area contributed by atoms with Crippen LogP contribution in [0.15, 0.2) is 42.6 Å². The number of halogens is 3. The van der Waals surface area contributed by atoms with Crippen molar-refractivity contribution < 1.29 is 19.0 Å². The van der Waals surface area contributed by atoms with E-state index >= 15 is 0 Å². The van der Waals surface area contributed by atoms with Gasteiger partial charge in [0.05, 0.1) is 27.6 Å². The summed E-state index contributed by atoms with van der Waals surface area (Å²) in [5.74, 6) is -1.66. The van der Waals surface area contributed by atoms with Crippen LogP contribution in [-0.2, 0) is 9.53 Å². The quantitative estimate of drug-likeness (QED) is 0.273. The van der Waals surface area contributed by atoms with Crippen LogP contribution in [0.4, 0.5) is 4.39 Å². The van der Waals surface area contributed by atoms with Gasteiger partial charge in [0.2, 0.25) is 0 Å². The molecule has 9 heteroatoms. The predicted molar refractivity (Wildman–Crippen MR) is 134 cm³/mol. The molecule has 0 spiro atoms. The molecule has 176 valence electrons. The van der Waals surface area contributed by atoms with E-state index in [0.717, 1.165) is 11.8 Å². The van der Waals surface area contributed by atoms with E-state index in [1.165, 1.54) is 17.4 Å². The molecule has 0 radical (unpaired) electrons. The van der Waals surface area contributed by atoms with Crippen LogP contribution in [0.3, 0.4) is 0 Å². The van der Waals surface area contributed by atoms with E-state index in [0.29, 0.717) is 36.9 Å². The summed E-state index contributed by atoms with van der Waals surface area (Å²) >= 11 is 13.4. The largest absolute Gasteiger partial charge is 0.479 e. The summed E-state index contributed by atoms with van der Waals surface area (Å²) in [4.78, 5) is 20.8. The van der Waals surface area contributed by atoms with Crippen molar-refractivity contribution >= 4 is 50.7 Å². The minimum Gasteiger partial charge on any atom is -0.479 e. The maximum Gasteiger partial charge on any atom is 0.337 e. The van der Waals surface area contributed by atoms with Crippen molar-refractivity contribution in [2.45, 2.75) is 39.4 Å². The first-order valence-corrected chi connectivity index (χ1v) is 11.9. The minimum absolute atomic E-state index is 0.148. The molecule has 0 aliphatic rings. The van der Waals surface area contributed by atoms with E-state index in [1.54, 1.807) is 39.0 Å². The first-order chi connectivity index (χ1) is 15.9. The van der Waals surface area contributed by atoms with E-state index in [2.05, 4.69) is 9.97 Å². The number of aryl methyl sites for hydroxylation is 1. The molecule has 0 saturated carbocycles. The zero-order chi connectivity index (χ0) is 24.8. The maximum absolute atomic E-state index is 14.6. The normalized spacial score (nSPS) is 12.8. The number of thiazole rings is 1. The molecule has 0 aliphatic carbocycles. The Labute approximate surface area is 210 Å². The van der Waals surface area contributed by atoms with Crippen molar-refractivity contribution in [1.29, 1.82) is 0 Å². The molecule has 0 aliphatic heterocycles. The van der Waals surface area contributed by atoms with Gasteiger partial charge in [-0.1, -0.05) is 35.3 Å². The number of aromatic nitrogens is 2. The van der Waals surface area contributed by atoms with Crippen LogP contribution >= 0.6 is 34.5 Å². The van der Waals surface area contributed by atoms with E-state index in [4.69, 9.17) is 27.9 Å². The molecule has 1 atom stereocenters. The Morgan fingerprint density at radius 3 is 2.47 bits per heavy atom. The van der Waals surface area contributed by atoms with Crippen molar-refractivity contribution in [3.63, 3.8) is 0 Å². The number of fused-ring (bicyclic) bond motifs is 1. The predicted octanol–water partition coefficient (Wildman–Crippen LogP) is 7.72. The molecule has 0 saturated heterocycles.